The van der Waals surface area contributed by atoms with Crippen molar-refractivity contribution in [2.75, 3.05) is 13.2 Å². The van der Waals surface area contributed by atoms with Gasteiger partial charge in [0.2, 0.25) is 0 Å². The molecule has 1 aromatic heterocycles. The van der Waals surface area contributed by atoms with Gasteiger partial charge in [-0.15, -0.1) is 0 Å². The van der Waals surface area contributed by atoms with Crippen molar-refractivity contribution in [1.82, 2.24) is 15.6 Å². The molecule has 27 heavy (non-hydrogen) atoms. The van der Waals surface area contributed by atoms with Crippen LogP contribution in [0.1, 0.15) is 24.3 Å². The van der Waals surface area contributed by atoms with Crippen molar-refractivity contribution in [3.8, 4) is 0 Å². The van der Waals surface area contributed by atoms with Gasteiger partial charge in [0.25, 0.3) is 0 Å². The largest absolute Gasteiger partial charge is 0.463 e. The lowest BCUT2D eigenvalue weighted by Crippen LogP contribution is -2.50. The lowest BCUT2D eigenvalue weighted by Gasteiger charge is -2.26. The fraction of sp³-hybridized carbons (Fsp3) is 0.263. The second-order valence-electron chi connectivity index (χ2n) is 5.90. The number of pyridine rings is 1. The van der Waals surface area contributed by atoms with Gasteiger partial charge in [-0.25, -0.2) is 19.4 Å². The molecule has 0 aliphatic carbocycles. The molecule has 8 heteroatoms. The second kappa shape index (κ2) is 7.86. The molecule has 1 aliphatic rings. The van der Waals surface area contributed by atoms with Crippen LogP contribution in [0, 0.1) is 0 Å². The van der Waals surface area contributed by atoms with Gasteiger partial charge >= 0.3 is 18.0 Å². The Bertz CT molecular complexity index is 938. The minimum atomic E-state index is -0.656. The Morgan fingerprint density at radius 3 is 2.67 bits per heavy atom. The summed E-state index contributed by atoms with van der Waals surface area (Å²) in [7, 11) is 0. The number of nitrogens with one attached hydrogen (secondary N) is 2. The van der Waals surface area contributed by atoms with Crippen molar-refractivity contribution in [1.29, 1.82) is 0 Å². The average Bonchev–Trinajstić information content (AvgIpc) is 2.65. The molecular weight excluding hydrogens is 350 g/mol. The van der Waals surface area contributed by atoms with Gasteiger partial charge in [-0.1, -0.05) is 24.3 Å². The SMILES string of the molecule is CCOC(=O)C1=C(COC(=O)c2ccc3ccccc3n2)NC(=O)N[C@@H]1C. The van der Waals surface area contributed by atoms with E-state index in [0.717, 1.165) is 5.39 Å². The summed E-state index contributed by atoms with van der Waals surface area (Å²) in [6, 6.07) is 9.68. The summed E-state index contributed by atoms with van der Waals surface area (Å²) < 4.78 is 10.3. The first-order valence-electron chi connectivity index (χ1n) is 8.50. The van der Waals surface area contributed by atoms with Gasteiger partial charge in [0.15, 0.2) is 0 Å². The summed E-state index contributed by atoms with van der Waals surface area (Å²) in [5.74, 6) is -1.23. The first kappa shape index (κ1) is 18.4. The molecule has 2 N–H and O–H groups in total. The summed E-state index contributed by atoms with van der Waals surface area (Å²) in [6.07, 6.45) is 0. The van der Waals surface area contributed by atoms with E-state index in [2.05, 4.69) is 15.6 Å². The first-order valence-corrected chi connectivity index (χ1v) is 8.50. The highest BCUT2D eigenvalue weighted by atomic mass is 16.5. The molecule has 0 radical (unpaired) electrons. The molecule has 0 fully saturated rings. The Labute approximate surface area is 155 Å². The van der Waals surface area contributed by atoms with E-state index in [-0.39, 0.29) is 30.2 Å². The molecule has 140 valence electrons. The van der Waals surface area contributed by atoms with E-state index in [1.807, 2.05) is 18.2 Å². The van der Waals surface area contributed by atoms with Crippen LogP contribution in [0.15, 0.2) is 47.7 Å². The highest BCUT2D eigenvalue weighted by molar-refractivity contribution is 5.95. The van der Waals surface area contributed by atoms with Crippen LogP contribution < -0.4 is 10.6 Å². The Balaban J connectivity index is 1.79. The lowest BCUT2D eigenvalue weighted by molar-refractivity contribution is -0.139. The summed E-state index contributed by atoms with van der Waals surface area (Å²) >= 11 is 0. The number of benzene rings is 1. The van der Waals surface area contributed by atoms with Crippen LogP contribution in [0.4, 0.5) is 4.79 Å². The molecule has 3 rings (SSSR count). The minimum absolute atomic E-state index is 0.139. The predicted octanol–water partition coefficient (Wildman–Crippen LogP) is 1.91. The standard InChI is InChI=1S/C19H19N3O5/c1-3-26-18(24)16-11(2)20-19(25)22-15(16)10-27-17(23)14-9-8-12-6-4-5-7-13(12)21-14/h4-9,11H,3,10H2,1-2H3,(H2,20,22,25)/t11-/m1/s1. The van der Waals surface area contributed by atoms with Crippen LogP contribution in [0.2, 0.25) is 0 Å². The molecule has 2 amide bonds. The van der Waals surface area contributed by atoms with Crippen LogP contribution >= 0.6 is 0 Å². The van der Waals surface area contributed by atoms with Gasteiger partial charge in [-0.05, 0) is 26.0 Å². The van der Waals surface area contributed by atoms with E-state index in [9.17, 15) is 14.4 Å². The maximum absolute atomic E-state index is 12.3. The summed E-state index contributed by atoms with van der Waals surface area (Å²) in [5.41, 5.74) is 1.22. The van der Waals surface area contributed by atoms with E-state index in [0.29, 0.717) is 5.52 Å². The number of carbonyl (C=O) groups excluding carboxylic acids is 3. The molecule has 0 saturated carbocycles. The molecule has 2 heterocycles. The number of rotatable bonds is 5. The Morgan fingerprint density at radius 1 is 1.11 bits per heavy atom. The molecule has 1 aliphatic heterocycles. The number of aromatic nitrogens is 1. The van der Waals surface area contributed by atoms with E-state index in [1.165, 1.54) is 0 Å². The number of hydrogen-bond donors (Lipinski definition) is 2. The lowest BCUT2D eigenvalue weighted by atomic mass is 10.0. The number of carbonyl (C=O) groups is 3. The van der Waals surface area contributed by atoms with Crippen molar-refractivity contribution < 1.29 is 23.9 Å². The van der Waals surface area contributed by atoms with Crippen LogP contribution in [-0.4, -0.2) is 42.2 Å². The van der Waals surface area contributed by atoms with Crippen LogP contribution in [-0.2, 0) is 14.3 Å². The first-order chi connectivity index (χ1) is 13.0. The van der Waals surface area contributed by atoms with E-state index in [4.69, 9.17) is 9.47 Å². The fourth-order valence-corrected chi connectivity index (χ4v) is 2.78. The highest BCUT2D eigenvalue weighted by Crippen LogP contribution is 2.16. The average molecular weight is 369 g/mol. The molecule has 0 bridgehead atoms. The summed E-state index contributed by atoms with van der Waals surface area (Å²) in [5, 5.41) is 5.98. The number of para-hydroxylation sites is 1. The molecule has 2 aromatic rings. The molecule has 1 atom stereocenters. The Hall–Kier alpha value is -3.42. The zero-order valence-corrected chi connectivity index (χ0v) is 14.9. The minimum Gasteiger partial charge on any atom is -0.463 e. The smallest absolute Gasteiger partial charge is 0.357 e. The maximum atomic E-state index is 12.3. The van der Waals surface area contributed by atoms with Gasteiger partial charge in [-0.2, -0.15) is 0 Å². The van der Waals surface area contributed by atoms with E-state index in [1.54, 1.807) is 32.0 Å². The third-order valence-corrected chi connectivity index (χ3v) is 4.02. The number of amides is 2. The van der Waals surface area contributed by atoms with E-state index >= 15 is 0 Å². The van der Waals surface area contributed by atoms with Gasteiger partial charge < -0.3 is 20.1 Å². The zero-order chi connectivity index (χ0) is 19.4. The summed E-state index contributed by atoms with van der Waals surface area (Å²) in [4.78, 5) is 40.5. The zero-order valence-electron chi connectivity index (χ0n) is 14.9. The van der Waals surface area contributed by atoms with Crippen molar-refractivity contribution >= 4 is 28.9 Å². The third kappa shape index (κ3) is 4.05. The van der Waals surface area contributed by atoms with Crippen LogP contribution in [0.3, 0.4) is 0 Å². The molecule has 0 spiro atoms. The molecule has 0 unspecified atom stereocenters. The number of fused-ring (bicyclic) bond motifs is 1. The number of esters is 2. The van der Waals surface area contributed by atoms with Crippen molar-refractivity contribution in [2.24, 2.45) is 0 Å². The monoisotopic (exact) mass is 369 g/mol. The second-order valence-corrected chi connectivity index (χ2v) is 5.90. The Morgan fingerprint density at radius 2 is 1.89 bits per heavy atom. The van der Waals surface area contributed by atoms with Crippen molar-refractivity contribution in [3.63, 3.8) is 0 Å². The predicted molar refractivity (Wildman–Crippen MR) is 96.8 cm³/mol. The number of urea groups is 1. The fourth-order valence-electron chi connectivity index (χ4n) is 2.78. The maximum Gasteiger partial charge on any atom is 0.357 e. The van der Waals surface area contributed by atoms with Gasteiger partial charge in [-0.3, -0.25) is 0 Å². The topological polar surface area (TPSA) is 107 Å². The van der Waals surface area contributed by atoms with Gasteiger partial charge in [0.05, 0.1) is 29.4 Å². The quantitative estimate of drug-likeness (QED) is 0.780. The van der Waals surface area contributed by atoms with E-state index < -0.39 is 24.0 Å². The van der Waals surface area contributed by atoms with Crippen LogP contribution in [0.25, 0.3) is 10.9 Å². The molecule has 0 saturated heterocycles. The number of hydrogen-bond acceptors (Lipinski definition) is 6. The van der Waals surface area contributed by atoms with Crippen molar-refractivity contribution in [3.05, 3.63) is 53.4 Å². The Kier molecular flexibility index (Phi) is 5.35. The van der Waals surface area contributed by atoms with Crippen LogP contribution in [0.5, 0.6) is 0 Å². The third-order valence-electron chi connectivity index (χ3n) is 4.02. The summed E-state index contributed by atoms with van der Waals surface area (Å²) in [6.45, 7) is 3.25. The molecule has 8 nitrogen and oxygen atoms in total. The van der Waals surface area contributed by atoms with Gasteiger partial charge in [0.1, 0.15) is 12.3 Å². The number of ether oxygens (including phenoxy) is 2. The van der Waals surface area contributed by atoms with Crippen molar-refractivity contribution in [2.45, 2.75) is 19.9 Å². The molecular formula is C19H19N3O5. The number of nitrogens with zero attached hydrogens (tertiary/aromatic N) is 1. The molecule has 1 aromatic carbocycles. The van der Waals surface area contributed by atoms with Gasteiger partial charge in [0, 0.05) is 5.39 Å². The normalized spacial score (nSPS) is 16.5. The highest BCUT2D eigenvalue weighted by Gasteiger charge is 2.30.